The van der Waals surface area contributed by atoms with Gasteiger partial charge in [0.15, 0.2) is 5.79 Å². The third-order valence-electron chi connectivity index (χ3n) is 1.15. The third kappa shape index (κ3) is 6.95. The molecule has 1 rings (SSSR count). The van der Waals surface area contributed by atoms with Crippen molar-refractivity contribution in [1.82, 2.24) is 0 Å². The molecule has 0 aromatic rings. The average Bonchev–Trinajstić information content (AvgIpc) is 2.37. The fourth-order valence-electron chi connectivity index (χ4n) is 0.871. The molecular formula is C9H22O2S. The zero-order valence-electron chi connectivity index (χ0n) is 9.05. The molecule has 0 aromatic heterocycles. The Bertz CT molecular complexity index is 94.5. The molecule has 1 fully saturated rings. The number of ether oxygens (including phenoxy) is 2. The van der Waals surface area contributed by atoms with Gasteiger partial charge in [-0.2, -0.15) is 12.6 Å². The first kappa shape index (κ1) is 14.8. The summed E-state index contributed by atoms with van der Waals surface area (Å²) in [6.07, 6.45) is 1.96. The van der Waals surface area contributed by atoms with Gasteiger partial charge in [-0.15, -0.1) is 0 Å². The first-order valence-electron chi connectivity index (χ1n) is 4.37. The molecule has 0 radical (unpaired) electrons. The molecule has 0 aliphatic carbocycles. The van der Waals surface area contributed by atoms with Crippen LogP contribution in [0.25, 0.3) is 0 Å². The van der Waals surface area contributed by atoms with Crippen LogP contribution in [0, 0.1) is 0 Å². The van der Waals surface area contributed by atoms with E-state index >= 15 is 0 Å². The van der Waals surface area contributed by atoms with Crippen molar-refractivity contribution < 1.29 is 9.47 Å². The van der Waals surface area contributed by atoms with Crippen LogP contribution >= 0.6 is 12.6 Å². The van der Waals surface area contributed by atoms with E-state index in [1.807, 2.05) is 34.6 Å². The molecule has 3 heteroatoms. The lowest BCUT2D eigenvalue weighted by atomic mass is 10.4. The second kappa shape index (κ2) is 7.90. The fraction of sp³-hybridized carbons (Fsp3) is 1.00. The highest BCUT2D eigenvalue weighted by molar-refractivity contribution is 7.79. The van der Waals surface area contributed by atoms with Crippen molar-refractivity contribution in [3.8, 4) is 0 Å². The van der Waals surface area contributed by atoms with Crippen LogP contribution in [0.2, 0.25) is 0 Å². The maximum absolute atomic E-state index is 5.33. The van der Waals surface area contributed by atoms with E-state index in [1.165, 1.54) is 0 Å². The van der Waals surface area contributed by atoms with Gasteiger partial charge in [0.2, 0.25) is 0 Å². The lowest BCUT2D eigenvalue weighted by molar-refractivity contribution is -0.136. The third-order valence-corrected chi connectivity index (χ3v) is 1.15. The molecule has 1 aliphatic heterocycles. The quantitative estimate of drug-likeness (QED) is 0.598. The summed E-state index contributed by atoms with van der Waals surface area (Å²) in [6, 6.07) is 0. The van der Waals surface area contributed by atoms with Crippen molar-refractivity contribution in [2.24, 2.45) is 0 Å². The van der Waals surface area contributed by atoms with Crippen LogP contribution in [0.4, 0.5) is 0 Å². The second-order valence-electron chi connectivity index (χ2n) is 2.64. The van der Waals surface area contributed by atoms with Gasteiger partial charge < -0.3 is 9.47 Å². The minimum atomic E-state index is -0.334. The Hall–Kier alpha value is 0.270. The van der Waals surface area contributed by atoms with Crippen molar-refractivity contribution in [3.05, 3.63) is 0 Å². The minimum absolute atomic E-state index is 0.269. The van der Waals surface area contributed by atoms with Crippen LogP contribution in [-0.2, 0) is 9.47 Å². The molecule has 1 heterocycles. The average molecular weight is 194 g/mol. The van der Waals surface area contributed by atoms with E-state index in [2.05, 4.69) is 12.6 Å². The highest BCUT2D eigenvalue weighted by Gasteiger charge is 2.29. The van der Waals surface area contributed by atoms with E-state index in [0.29, 0.717) is 0 Å². The van der Waals surface area contributed by atoms with Crippen LogP contribution in [-0.4, -0.2) is 24.8 Å². The molecule has 0 spiro atoms. The van der Waals surface area contributed by atoms with Gasteiger partial charge >= 0.3 is 0 Å². The summed E-state index contributed by atoms with van der Waals surface area (Å²) in [5, 5.41) is 0. The lowest BCUT2D eigenvalue weighted by Gasteiger charge is -2.15. The normalized spacial score (nSPS) is 24.8. The molecule has 0 bridgehead atoms. The summed E-state index contributed by atoms with van der Waals surface area (Å²) < 4.78 is 10.6. The van der Waals surface area contributed by atoms with Gasteiger partial charge in [-0.1, -0.05) is 13.8 Å². The highest BCUT2D eigenvalue weighted by atomic mass is 32.1. The standard InChI is InChI=1S/C6H12O2.C2H6.CH4S/c1-5-4-7-6(2,3)8-5;2*1-2/h5H,4H2,1-3H3;1-2H3;2H,1H3/t5-;;/m0../s1. The summed E-state index contributed by atoms with van der Waals surface area (Å²) >= 11 is 3.53. The van der Waals surface area contributed by atoms with Crippen molar-refractivity contribution >= 4 is 12.6 Å². The van der Waals surface area contributed by atoms with Crippen LogP contribution < -0.4 is 0 Å². The second-order valence-corrected chi connectivity index (χ2v) is 2.64. The Labute approximate surface area is 82.0 Å². The number of hydrogen-bond donors (Lipinski definition) is 1. The van der Waals surface area contributed by atoms with E-state index < -0.39 is 0 Å². The van der Waals surface area contributed by atoms with E-state index in [-0.39, 0.29) is 11.9 Å². The van der Waals surface area contributed by atoms with Crippen LogP contribution in [0.15, 0.2) is 0 Å². The molecule has 12 heavy (non-hydrogen) atoms. The predicted octanol–water partition coefficient (Wildman–Crippen LogP) is 2.73. The van der Waals surface area contributed by atoms with E-state index in [4.69, 9.17) is 9.47 Å². The molecule has 2 nitrogen and oxygen atoms in total. The maximum atomic E-state index is 5.33. The van der Waals surface area contributed by atoms with Gasteiger partial charge in [-0.25, -0.2) is 0 Å². The fourth-order valence-corrected chi connectivity index (χ4v) is 0.871. The zero-order valence-corrected chi connectivity index (χ0v) is 9.94. The number of rotatable bonds is 0. The molecule has 0 N–H and O–H groups in total. The summed E-state index contributed by atoms with van der Waals surface area (Å²) in [4.78, 5) is 0. The number of thiol groups is 1. The molecular weight excluding hydrogens is 172 g/mol. The first-order chi connectivity index (χ1) is 5.60. The molecule has 0 aromatic carbocycles. The highest BCUT2D eigenvalue weighted by Crippen LogP contribution is 2.21. The topological polar surface area (TPSA) is 18.5 Å². The summed E-state index contributed by atoms with van der Waals surface area (Å²) in [5.74, 6) is -0.334. The van der Waals surface area contributed by atoms with E-state index in [1.54, 1.807) is 6.26 Å². The Morgan fingerprint density at radius 1 is 1.25 bits per heavy atom. The first-order valence-corrected chi connectivity index (χ1v) is 5.26. The van der Waals surface area contributed by atoms with Gasteiger partial charge in [-0.3, -0.25) is 0 Å². The molecule has 76 valence electrons. The van der Waals surface area contributed by atoms with Gasteiger partial charge in [0.1, 0.15) is 0 Å². The van der Waals surface area contributed by atoms with Crippen molar-refractivity contribution in [3.63, 3.8) is 0 Å². The lowest BCUT2D eigenvalue weighted by Crippen LogP contribution is -2.20. The van der Waals surface area contributed by atoms with Gasteiger partial charge in [0.05, 0.1) is 12.7 Å². The van der Waals surface area contributed by atoms with Crippen molar-refractivity contribution in [1.29, 1.82) is 0 Å². The van der Waals surface area contributed by atoms with E-state index in [0.717, 1.165) is 6.61 Å². The molecule has 0 saturated carbocycles. The molecule has 1 aliphatic rings. The van der Waals surface area contributed by atoms with Crippen molar-refractivity contribution in [2.45, 2.75) is 46.5 Å². The maximum Gasteiger partial charge on any atom is 0.163 e. The smallest absolute Gasteiger partial charge is 0.163 e. The van der Waals surface area contributed by atoms with Crippen molar-refractivity contribution in [2.75, 3.05) is 12.9 Å². The van der Waals surface area contributed by atoms with Crippen LogP contribution in [0.5, 0.6) is 0 Å². The Balaban J connectivity index is 0. The van der Waals surface area contributed by atoms with Crippen LogP contribution in [0.1, 0.15) is 34.6 Å². The molecule has 1 atom stereocenters. The monoisotopic (exact) mass is 194 g/mol. The van der Waals surface area contributed by atoms with Gasteiger partial charge in [-0.05, 0) is 27.0 Å². The molecule has 1 saturated heterocycles. The Morgan fingerprint density at radius 3 is 1.75 bits per heavy atom. The van der Waals surface area contributed by atoms with E-state index in [9.17, 15) is 0 Å². The number of hydrogen-bond acceptors (Lipinski definition) is 3. The SMILES string of the molecule is CC.CS.C[C@H]1COC(C)(C)O1. The Kier molecular flexibility index (Phi) is 9.72. The summed E-state index contributed by atoms with van der Waals surface area (Å²) in [7, 11) is 0. The molecule has 0 unspecified atom stereocenters. The largest absolute Gasteiger partial charge is 0.348 e. The summed E-state index contributed by atoms with van der Waals surface area (Å²) in [6.45, 7) is 10.6. The van der Waals surface area contributed by atoms with Gasteiger partial charge in [0, 0.05) is 0 Å². The van der Waals surface area contributed by atoms with Crippen LogP contribution in [0.3, 0.4) is 0 Å². The summed E-state index contributed by atoms with van der Waals surface area (Å²) in [5.41, 5.74) is 0. The Morgan fingerprint density at radius 2 is 1.67 bits per heavy atom. The van der Waals surface area contributed by atoms with Gasteiger partial charge in [0.25, 0.3) is 0 Å². The minimum Gasteiger partial charge on any atom is -0.348 e. The zero-order chi connectivity index (χ0) is 10.2. The molecule has 0 amide bonds. The predicted molar refractivity (Wildman–Crippen MR) is 56.8 cm³/mol.